The molecule has 0 aromatic heterocycles. The molecule has 1 rings (SSSR count). The first-order chi connectivity index (χ1) is 8.50. The molecule has 0 heterocycles. The number of hydrogen-bond acceptors (Lipinski definition) is 3. The van der Waals surface area contributed by atoms with Gasteiger partial charge in [-0.15, -0.1) is 0 Å². The van der Waals surface area contributed by atoms with Crippen LogP contribution >= 0.6 is 12.2 Å². The van der Waals surface area contributed by atoms with Gasteiger partial charge in [0.25, 0.3) is 5.91 Å². The van der Waals surface area contributed by atoms with Crippen LogP contribution in [0.4, 0.5) is 0 Å². The second-order valence-corrected chi connectivity index (χ2v) is 4.75. The Morgan fingerprint density at radius 1 is 1.44 bits per heavy atom. The lowest BCUT2D eigenvalue weighted by Gasteiger charge is -2.13. The molecule has 0 saturated carbocycles. The lowest BCUT2D eigenvalue weighted by molar-refractivity contribution is -0.122. The summed E-state index contributed by atoms with van der Waals surface area (Å²) in [6.45, 7) is 4.32. The summed E-state index contributed by atoms with van der Waals surface area (Å²) in [7, 11) is 0. The molecular formula is C13H18N2O2S. The van der Waals surface area contributed by atoms with Crippen molar-refractivity contribution in [1.82, 2.24) is 5.32 Å². The Bertz CT molecular complexity index is 433. The van der Waals surface area contributed by atoms with Crippen LogP contribution in [0.5, 0.6) is 5.75 Å². The zero-order chi connectivity index (χ0) is 13.5. The lowest BCUT2D eigenvalue weighted by atomic mass is 10.0. The number of amides is 1. The number of carbonyl (C=O) groups excluding carboxylic acids is 1. The van der Waals surface area contributed by atoms with Gasteiger partial charge in [0.05, 0.1) is 11.5 Å². The molecule has 0 unspecified atom stereocenters. The fraction of sp³-hybridized carbons (Fsp3) is 0.385. The molecule has 0 aliphatic carbocycles. The Labute approximate surface area is 113 Å². The minimum absolute atomic E-state index is 0.0354. The highest BCUT2D eigenvalue weighted by molar-refractivity contribution is 7.80. The Morgan fingerprint density at radius 2 is 2.11 bits per heavy atom. The SMILES string of the molecule is CC(C)c1ccccc1OCC(=O)NCC(N)=S. The summed E-state index contributed by atoms with van der Waals surface area (Å²) in [4.78, 5) is 11.7. The third-order valence-electron chi connectivity index (χ3n) is 2.36. The molecule has 0 radical (unpaired) electrons. The number of nitrogens with two attached hydrogens (primary N) is 1. The van der Waals surface area contributed by atoms with E-state index in [0.29, 0.717) is 5.92 Å². The van der Waals surface area contributed by atoms with Gasteiger partial charge in [0.15, 0.2) is 6.61 Å². The molecular weight excluding hydrogens is 248 g/mol. The summed E-state index contributed by atoms with van der Waals surface area (Å²) in [5.41, 5.74) is 6.37. The van der Waals surface area contributed by atoms with Crippen LogP contribution in [0.3, 0.4) is 0 Å². The summed E-state index contributed by atoms with van der Waals surface area (Å²) in [5, 5.41) is 2.57. The van der Waals surface area contributed by atoms with E-state index < -0.39 is 0 Å². The summed E-state index contributed by atoms with van der Waals surface area (Å²) >= 11 is 4.67. The maximum Gasteiger partial charge on any atom is 0.258 e. The van der Waals surface area contributed by atoms with E-state index in [2.05, 4.69) is 31.4 Å². The van der Waals surface area contributed by atoms with Gasteiger partial charge in [-0.3, -0.25) is 4.79 Å². The van der Waals surface area contributed by atoms with Crippen LogP contribution in [0.25, 0.3) is 0 Å². The number of benzene rings is 1. The van der Waals surface area contributed by atoms with Gasteiger partial charge < -0.3 is 15.8 Å². The zero-order valence-electron chi connectivity index (χ0n) is 10.6. The molecule has 0 spiro atoms. The first kappa shape index (κ1) is 14.4. The van der Waals surface area contributed by atoms with E-state index >= 15 is 0 Å². The third kappa shape index (κ3) is 4.71. The highest BCUT2D eigenvalue weighted by Crippen LogP contribution is 2.25. The highest BCUT2D eigenvalue weighted by Gasteiger charge is 2.08. The van der Waals surface area contributed by atoms with Crippen molar-refractivity contribution in [3.05, 3.63) is 29.8 Å². The van der Waals surface area contributed by atoms with Crippen molar-refractivity contribution in [2.24, 2.45) is 5.73 Å². The van der Waals surface area contributed by atoms with Crippen LogP contribution in [0.2, 0.25) is 0 Å². The number of carbonyl (C=O) groups is 1. The molecule has 1 aromatic carbocycles. The normalized spacial score (nSPS) is 10.2. The van der Waals surface area contributed by atoms with Crippen molar-refractivity contribution >= 4 is 23.1 Å². The zero-order valence-corrected chi connectivity index (χ0v) is 11.4. The van der Waals surface area contributed by atoms with E-state index in [9.17, 15) is 4.79 Å². The van der Waals surface area contributed by atoms with E-state index in [-0.39, 0.29) is 24.0 Å². The molecule has 0 fully saturated rings. The fourth-order valence-corrected chi connectivity index (χ4v) is 1.54. The maximum absolute atomic E-state index is 11.5. The number of thiocarbonyl (C=S) groups is 1. The van der Waals surface area contributed by atoms with Crippen molar-refractivity contribution in [3.8, 4) is 5.75 Å². The number of nitrogens with one attached hydrogen (secondary N) is 1. The quantitative estimate of drug-likeness (QED) is 0.768. The molecule has 0 aliphatic rings. The van der Waals surface area contributed by atoms with Crippen molar-refractivity contribution < 1.29 is 9.53 Å². The van der Waals surface area contributed by atoms with Gasteiger partial charge in [-0.1, -0.05) is 44.3 Å². The summed E-state index contributed by atoms with van der Waals surface area (Å²) in [6, 6.07) is 7.69. The van der Waals surface area contributed by atoms with Crippen LogP contribution in [0.1, 0.15) is 25.3 Å². The van der Waals surface area contributed by atoms with E-state index in [0.717, 1.165) is 11.3 Å². The number of para-hydroxylation sites is 1. The largest absolute Gasteiger partial charge is 0.483 e. The molecule has 4 nitrogen and oxygen atoms in total. The molecule has 1 aromatic rings. The Balaban J connectivity index is 2.53. The molecule has 18 heavy (non-hydrogen) atoms. The summed E-state index contributed by atoms with van der Waals surface area (Å²) < 4.78 is 5.50. The van der Waals surface area contributed by atoms with Crippen LogP contribution in [-0.2, 0) is 4.79 Å². The topological polar surface area (TPSA) is 64.3 Å². The van der Waals surface area contributed by atoms with Gasteiger partial charge >= 0.3 is 0 Å². The standard InChI is InChI=1S/C13H18N2O2S/c1-9(2)10-5-3-4-6-11(10)17-8-13(16)15-7-12(14)18/h3-6,9H,7-8H2,1-2H3,(H2,14,18)(H,15,16). The van der Waals surface area contributed by atoms with E-state index in [1.54, 1.807) is 0 Å². The Kier molecular flexibility index (Phi) is 5.58. The summed E-state index contributed by atoms with van der Waals surface area (Å²) in [5.74, 6) is 0.847. The van der Waals surface area contributed by atoms with Gasteiger partial charge in [0.2, 0.25) is 0 Å². The number of ether oxygens (including phenoxy) is 1. The second kappa shape index (κ2) is 6.96. The molecule has 5 heteroatoms. The smallest absolute Gasteiger partial charge is 0.258 e. The first-order valence-electron chi connectivity index (χ1n) is 5.77. The van der Waals surface area contributed by atoms with Crippen molar-refractivity contribution in [2.75, 3.05) is 13.2 Å². The van der Waals surface area contributed by atoms with Gasteiger partial charge in [-0.2, -0.15) is 0 Å². The second-order valence-electron chi connectivity index (χ2n) is 4.22. The molecule has 0 bridgehead atoms. The van der Waals surface area contributed by atoms with Gasteiger partial charge in [-0.05, 0) is 17.5 Å². The molecule has 3 N–H and O–H groups in total. The van der Waals surface area contributed by atoms with Gasteiger partial charge in [0.1, 0.15) is 5.75 Å². The predicted molar refractivity (Wildman–Crippen MR) is 75.8 cm³/mol. The summed E-state index contributed by atoms with van der Waals surface area (Å²) in [6.07, 6.45) is 0. The minimum Gasteiger partial charge on any atom is -0.483 e. The van der Waals surface area contributed by atoms with Crippen LogP contribution in [-0.4, -0.2) is 24.0 Å². The fourth-order valence-electron chi connectivity index (χ4n) is 1.47. The third-order valence-corrected chi connectivity index (χ3v) is 2.50. The average molecular weight is 266 g/mol. The lowest BCUT2D eigenvalue weighted by Crippen LogP contribution is -2.35. The van der Waals surface area contributed by atoms with Crippen LogP contribution < -0.4 is 15.8 Å². The van der Waals surface area contributed by atoms with Crippen molar-refractivity contribution in [1.29, 1.82) is 0 Å². The van der Waals surface area contributed by atoms with Crippen molar-refractivity contribution in [3.63, 3.8) is 0 Å². The monoisotopic (exact) mass is 266 g/mol. The number of hydrogen-bond donors (Lipinski definition) is 2. The minimum atomic E-state index is -0.235. The van der Waals surface area contributed by atoms with E-state index in [1.807, 2.05) is 24.3 Å². The Morgan fingerprint density at radius 3 is 2.72 bits per heavy atom. The molecule has 0 atom stereocenters. The van der Waals surface area contributed by atoms with Crippen LogP contribution in [0, 0.1) is 0 Å². The first-order valence-corrected chi connectivity index (χ1v) is 6.18. The van der Waals surface area contributed by atoms with Gasteiger partial charge in [0, 0.05) is 0 Å². The molecule has 98 valence electrons. The van der Waals surface area contributed by atoms with Gasteiger partial charge in [-0.25, -0.2) is 0 Å². The van der Waals surface area contributed by atoms with Crippen LogP contribution in [0.15, 0.2) is 24.3 Å². The van der Waals surface area contributed by atoms with E-state index in [4.69, 9.17) is 10.5 Å². The highest BCUT2D eigenvalue weighted by atomic mass is 32.1. The molecule has 0 aliphatic heterocycles. The predicted octanol–water partition coefficient (Wildman–Crippen LogP) is 1.59. The molecule has 1 amide bonds. The number of rotatable bonds is 6. The average Bonchev–Trinajstić information content (AvgIpc) is 2.34. The molecule has 0 saturated heterocycles. The van der Waals surface area contributed by atoms with E-state index in [1.165, 1.54) is 0 Å². The Hall–Kier alpha value is -1.62. The maximum atomic E-state index is 11.5. The van der Waals surface area contributed by atoms with Crippen molar-refractivity contribution in [2.45, 2.75) is 19.8 Å².